The Balaban J connectivity index is 4.26. The first-order valence-electron chi connectivity index (χ1n) is 5.30. The van der Waals surface area contributed by atoms with Crippen molar-refractivity contribution in [3.8, 4) is 0 Å². The van der Waals surface area contributed by atoms with Crippen molar-refractivity contribution < 1.29 is 4.79 Å². The molecule has 0 saturated carbocycles. The number of ketones is 1. The zero-order valence-electron chi connectivity index (χ0n) is 10.1. The molecule has 2 heteroatoms. The van der Waals surface area contributed by atoms with Crippen LogP contribution in [0.1, 0.15) is 53.9 Å². The molecule has 0 atom stereocenters. The maximum absolute atomic E-state index is 11.4. The van der Waals surface area contributed by atoms with Crippen molar-refractivity contribution in [3.05, 3.63) is 0 Å². The van der Waals surface area contributed by atoms with Gasteiger partial charge in [-0.05, 0) is 17.3 Å². The standard InChI is InChI=1S/C12H23BrO/c1-6-10(14)7-11(2,3)8-12(4,5)9-13/h6-9H2,1-5H3. The second kappa shape index (κ2) is 5.29. The number of Topliss-reactive ketones (excluding diaryl/α,β-unsaturated/α-hetero) is 1. The second-order valence-corrected chi connectivity index (χ2v) is 6.27. The normalized spacial score (nSPS) is 13.0. The molecule has 0 rings (SSSR count). The van der Waals surface area contributed by atoms with E-state index in [9.17, 15) is 4.79 Å². The van der Waals surface area contributed by atoms with Crippen LogP contribution in [0.15, 0.2) is 0 Å². The zero-order chi connectivity index (χ0) is 11.4. The third-order valence-electron chi connectivity index (χ3n) is 2.39. The van der Waals surface area contributed by atoms with Crippen molar-refractivity contribution in [3.63, 3.8) is 0 Å². The van der Waals surface area contributed by atoms with Crippen LogP contribution in [0.2, 0.25) is 0 Å². The summed E-state index contributed by atoms with van der Waals surface area (Å²) < 4.78 is 0. The molecule has 0 aromatic rings. The highest BCUT2D eigenvalue weighted by molar-refractivity contribution is 9.09. The number of carbonyl (C=O) groups is 1. The van der Waals surface area contributed by atoms with Crippen molar-refractivity contribution in [2.45, 2.75) is 53.9 Å². The smallest absolute Gasteiger partial charge is 0.133 e. The quantitative estimate of drug-likeness (QED) is 0.656. The van der Waals surface area contributed by atoms with Crippen molar-refractivity contribution in [1.82, 2.24) is 0 Å². The molecule has 0 N–H and O–H groups in total. The number of rotatable bonds is 6. The number of hydrogen-bond acceptors (Lipinski definition) is 1. The van der Waals surface area contributed by atoms with Crippen molar-refractivity contribution in [2.75, 3.05) is 5.33 Å². The van der Waals surface area contributed by atoms with E-state index >= 15 is 0 Å². The van der Waals surface area contributed by atoms with Gasteiger partial charge in [-0.15, -0.1) is 0 Å². The van der Waals surface area contributed by atoms with Gasteiger partial charge in [0, 0.05) is 18.2 Å². The summed E-state index contributed by atoms with van der Waals surface area (Å²) in [6, 6.07) is 0. The Hall–Kier alpha value is 0.150. The van der Waals surface area contributed by atoms with Gasteiger partial charge >= 0.3 is 0 Å². The molecule has 0 bridgehead atoms. The molecule has 1 nitrogen and oxygen atoms in total. The van der Waals surface area contributed by atoms with Gasteiger partial charge in [0.05, 0.1) is 0 Å². The van der Waals surface area contributed by atoms with Crippen LogP contribution in [-0.4, -0.2) is 11.1 Å². The topological polar surface area (TPSA) is 17.1 Å². The van der Waals surface area contributed by atoms with E-state index in [1.54, 1.807) is 0 Å². The second-order valence-electron chi connectivity index (χ2n) is 5.71. The summed E-state index contributed by atoms with van der Waals surface area (Å²) in [6.45, 7) is 10.8. The van der Waals surface area contributed by atoms with Crippen LogP contribution in [0.25, 0.3) is 0 Å². The molecule has 0 radical (unpaired) electrons. The number of hydrogen-bond donors (Lipinski definition) is 0. The van der Waals surface area contributed by atoms with Gasteiger partial charge in [-0.25, -0.2) is 0 Å². The third kappa shape index (κ3) is 5.79. The van der Waals surface area contributed by atoms with Crippen LogP contribution in [0.5, 0.6) is 0 Å². The lowest BCUT2D eigenvalue weighted by Crippen LogP contribution is -2.26. The van der Waals surface area contributed by atoms with E-state index in [4.69, 9.17) is 0 Å². The highest BCUT2D eigenvalue weighted by atomic mass is 79.9. The van der Waals surface area contributed by atoms with E-state index < -0.39 is 0 Å². The van der Waals surface area contributed by atoms with Crippen molar-refractivity contribution in [2.24, 2.45) is 10.8 Å². The average molecular weight is 263 g/mol. The molecule has 0 unspecified atom stereocenters. The fraction of sp³-hybridized carbons (Fsp3) is 0.917. The van der Waals surface area contributed by atoms with E-state index in [1.807, 2.05) is 6.92 Å². The summed E-state index contributed by atoms with van der Waals surface area (Å²) in [7, 11) is 0. The molecule has 14 heavy (non-hydrogen) atoms. The van der Waals surface area contributed by atoms with Gasteiger partial charge in [0.15, 0.2) is 0 Å². The van der Waals surface area contributed by atoms with Crippen LogP contribution in [0.4, 0.5) is 0 Å². The van der Waals surface area contributed by atoms with Gasteiger partial charge in [0.25, 0.3) is 0 Å². The molecule has 0 spiro atoms. The Labute approximate surface area is 96.8 Å². The highest BCUT2D eigenvalue weighted by Crippen LogP contribution is 2.37. The lowest BCUT2D eigenvalue weighted by Gasteiger charge is -2.33. The molecular formula is C12H23BrO. The summed E-state index contributed by atoms with van der Waals surface area (Å²) in [4.78, 5) is 11.4. The minimum Gasteiger partial charge on any atom is -0.300 e. The fourth-order valence-corrected chi connectivity index (χ4v) is 2.26. The molecule has 0 aromatic carbocycles. The van der Waals surface area contributed by atoms with E-state index in [2.05, 4.69) is 43.6 Å². The first kappa shape index (κ1) is 14.2. The molecule has 0 amide bonds. The molecule has 0 aliphatic rings. The summed E-state index contributed by atoms with van der Waals surface area (Å²) in [5.41, 5.74) is 0.405. The minimum absolute atomic E-state index is 0.129. The number of halogens is 1. The van der Waals surface area contributed by atoms with E-state index in [-0.39, 0.29) is 10.8 Å². The number of alkyl halides is 1. The molecule has 0 fully saturated rings. The number of carbonyl (C=O) groups excluding carboxylic acids is 1. The summed E-state index contributed by atoms with van der Waals surface area (Å²) in [5, 5.41) is 0.990. The molecule has 0 saturated heterocycles. The predicted octanol–water partition coefficient (Wildman–Crippen LogP) is 4.19. The zero-order valence-corrected chi connectivity index (χ0v) is 11.7. The molecule has 84 valence electrons. The third-order valence-corrected chi connectivity index (χ3v) is 3.91. The first-order chi connectivity index (χ1) is 6.22. The largest absolute Gasteiger partial charge is 0.300 e. The summed E-state index contributed by atoms with van der Waals surface area (Å²) in [6.07, 6.45) is 2.45. The molecule has 0 aromatic heterocycles. The van der Waals surface area contributed by atoms with Crippen LogP contribution in [0, 0.1) is 10.8 Å². The van der Waals surface area contributed by atoms with Crippen LogP contribution < -0.4 is 0 Å². The van der Waals surface area contributed by atoms with E-state index in [0.717, 1.165) is 11.8 Å². The molecule has 0 heterocycles. The predicted molar refractivity (Wildman–Crippen MR) is 65.9 cm³/mol. The molecule has 0 aliphatic heterocycles. The minimum atomic E-state index is 0.129. The lowest BCUT2D eigenvalue weighted by molar-refractivity contribution is -0.120. The van der Waals surface area contributed by atoms with Crippen molar-refractivity contribution in [1.29, 1.82) is 0 Å². The summed E-state index contributed by atoms with van der Waals surface area (Å²) >= 11 is 3.52. The Morgan fingerprint density at radius 2 is 1.64 bits per heavy atom. The van der Waals surface area contributed by atoms with Crippen LogP contribution >= 0.6 is 15.9 Å². The fourth-order valence-electron chi connectivity index (χ4n) is 2.06. The summed E-state index contributed by atoms with van der Waals surface area (Å²) in [5.74, 6) is 0.375. The Bertz CT molecular complexity index is 194. The van der Waals surface area contributed by atoms with Crippen molar-refractivity contribution >= 4 is 21.7 Å². The average Bonchev–Trinajstić information content (AvgIpc) is 2.01. The Kier molecular flexibility index (Phi) is 5.35. The molecular weight excluding hydrogens is 240 g/mol. The van der Waals surface area contributed by atoms with Gasteiger partial charge in [0.2, 0.25) is 0 Å². The van der Waals surface area contributed by atoms with E-state index in [1.165, 1.54) is 0 Å². The van der Waals surface area contributed by atoms with Gasteiger partial charge in [-0.1, -0.05) is 50.5 Å². The Morgan fingerprint density at radius 3 is 2.00 bits per heavy atom. The maximum atomic E-state index is 11.4. The Morgan fingerprint density at radius 1 is 1.14 bits per heavy atom. The maximum Gasteiger partial charge on any atom is 0.133 e. The SMILES string of the molecule is CCC(=O)CC(C)(C)CC(C)(C)CBr. The van der Waals surface area contributed by atoms with Gasteiger partial charge in [-0.2, -0.15) is 0 Å². The first-order valence-corrected chi connectivity index (χ1v) is 6.42. The van der Waals surface area contributed by atoms with Crippen LogP contribution in [-0.2, 0) is 4.79 Å². The van der Waals surface area contributed by atoms with E-state index in [0.29, 0.717) is 18.6 Å². The van der Waals surface area contributed by atoms with Gasteiger partial charge < -0.3 is 0 Å². The molecule has 0 aliphatic carbocycles. The highest BCUT2D eigenvalue weighted by Gasteiger charge is 2.29. The van der Waals surface area contributed by atoms with Gasteiger partial charge in [0.1, 0.15) is 5.78 Å². The monoisotopic (exact) mass is 262 g/mol. The van der Waals surface area contributed by atoms with Crippen LogP contribution in [0.3, 0.4) is 0 Å². The van der Waals surface area contributed by atoms with Gasteiger partial charge in [-0.3, -0.25) is 4.79 Å². The lowest BCUT2D eigenvalue weighted by atomic mass is 9.73.